The SMILES string of the molecule is CC(C)CC1CC(CO)C(OC2OC(CO)C(O)C(O)C2O)C(O)C1O. The fraction of sp³-hybridized carbons (Fsp3) is 1.00. The maximum absolute atomic E-state index is 10.5. The van der Waals surface area contributed by atoms with Crippen molar-refractivity contribution in [3.8, 4) is 0 Å². The molecule has 0 amide bonds. The van der Waals surface area contributed by atoms with E-state index in [0.29, 0.717) is 18.8 Å². The number of ether oxygens (including phenoxy) is 2. The molecular weight excluding hydrogens is 348 g/mol. The van der Waals surface area contributed by atoms with Crippen molar-refractivity contribution in [1.29, 1.82) is 0 Å². The van der Waals surface area contributed by atoms with Crippen LogP contribution < -0.4 is 0 Å². The molecule has 0 aromatic heterocycles. The zero-order valence-corrected chi connectivity index (χ0v) is 15.1. The van der Waals surface area contributed by atoms with Gasteiger partial charge < -0.3 is 45.2 Å². The van der Waals surface area contributed by atoms with E-state index in [1.54, 1.807) is 0 Å². The van der Waals surface area contributed by atoms with Crippen LogP contribution in [0.15, 0.2) is 0 Å². The summed E-state index contributed by atoms with van der Waals surface area (Å²) in [6, 6.07) is 0. The molecule has 2 fully saturated rings. The first-order valence-corrected chi connectivity index (χ1v) is 9.14. The van der Waals surface area contributed by atoms with Gasteiger partial charge in [-0.25, -0.2) is 0 Å². The minimum atomic E-state index is -1.61. The molecule has 1 aliphatic heterocycles. The van der Waals surface area contributed by atoms with E-state index in [0.717, 1.165) is 0 Å². The summed E-state index contributed by atoms with van der Waals surface area (Å²) in [6.07, 6.45) is -9.56. The standard InChI is InChI=1S/C17H32O9/c1-7(2)3-8-4-9(5-18)16(14(23)11(8)20)26-17-15(24)13(22)12(21)10(6-19)25-17/h7-24H,3-6H2,1-2H3. The van der Waals surface area contributed by atoms with Crippen molar-refractivity contribution < 1.29 is 45.2 Å². The van der Waals surface area contributed by atoms with Gasteiger partial charge >= 0.3 is 0 Å². The van der Waals surface area contributed by atoms with Gasteiger partial charge in [0.05, 0.1) is 18.8 Å². The molecule has 0 radical (unpaired) electrons. The van der Waals surface area contributed by atoms with Crippen molar-refractivity contribution in [3.63, 3.8) is 0 Å². The summed E-state index contributed by atoms with van der Waals surface area (Å²) in [6.45, 7) is 3.12. The van der Waals surface area contributed by atoms with Crippen LogP contribution in [0.2, 0.25) is 0 Å². The van der Waals surface area contributed by atoms with Gasteiger partial charge in [0.25, 0.3) is 0 Å². The van der Waals surface area contributed by atoms with Crippen molar-refractivity contribution in [1.82, 2.24) is 0 Å². The molecule has 9 nitrogen and oxygen atoms in total. The minimum Gasteiger partial charge on any atom is -0.396 e. The first kappa shape index (κ1) is 21.9. The zero-order valence-electron chi connectivity index (χ0n) is 15.1. The van der Waals surface area contributed by atoms with Crippen LogP contribution in [-0.2, 0) is 9.47 Å². The average molecular weight is 380 g/mol. The third kappa shape index (κ3) is 4.54. The predicted molar refractivity (Wildman–Crippen MR) is 88.8 cm³/mol. The second kappa shape index (κ2) is 9.22. The summed E-state index contributed by atoms with van der Waals surface area (Å²) in [4.78, 5) is 0. The van der Waals surface area contributed by atoms with Crippen LogP contribution in [0.3, 0.4) is 0 Å². The normalized spacial score (nSPS) is 47.3. The van der Waals surface area contributed by atoms with Crippen LogP contribution >= 0.6 is 0 Å². The number of hydrogen-bond acceptors (Lipinski definition) is 9. The van der Waals surface area contributed by atoms with E-state index in [1.165, 1.54) is 0 Å². The smallest absolute Gasteiger partial charge is 0.187 e. The highest BCUT2D eigenvalue weighted by Crippen LogP contribution is 2.37. The maximum Gasteiger partial charge on any atom is 0.187 e. The molecule has 1 saturated carbocycles. The zero-order chi connectivity index (χ0) is 19.6. The van der Waals surface area contributed by atoms with Gasteiger partial charge in [0, 0.05) is 12.5 Å². The topological polar surface area (TPSA) is 160 Å². The second-order valence-corrected chi connectivity index (χ2v) is 7.85. The molecule has 1 aliphatic carbocycles. The van der Waals surface area contributed by atoms with Crippen LogP contribution in [0.5, 0.6) is 0 Å². The molecule has 26 heavy (non-hydrogen) atoms. The summed E-state index contributed by atoms with van der Waals surface area (Å²) in [5, 5.41) is 69.6. The first-order valence-electron chi connectivity index (χ1n) is 9.14. The van der Waals surface area contributed by atoms with Crippen molar-refractivity contribution in [2.45, 2.75) is 75.7 Å². The summed E-state index contributed by atoms with van der Waals surface area (Å²) >= 11 is 0. The van der Waals surface area contributed by atoms with Crippen molar-refractivity contribution in [3.05, 3.63) is 0 Å². The highest BCUT2D eigenvalue weighted by molar-refractivity contribution is 4.95. The lowest BCUT2D eigenvalue weighted by atomic mass is 9.73. The quantitative estimate of drug-likeness (QED) is 0.266. The van der Waals surface area contributed by atoms with Crippen LogP contribution in [0.4, 0.5) is 0 Å². The Balaban J connectivity index is 2.11. The minimum absolute atomic E-state index is 0.197. The molecule has 0 aromatic carbocycles. The maximum atomic E-state index is 10.5. The Hall–Kier alpha value is -0.360. The molecule has 2 aliphatic rings. The average Bonchev–Trinajstić information content (AvgIpc) is 2.60. The molecule has 1 saturated heterocycles. The third-order valence-corrected chi connectivity index (χ3v) is 5.39. The van der Waals surface area contributed by atoms with Crippen LogP contribution in [0.25, 0.3) is 0 Å². The summed E-state index contributed by atoms with van der Waals surface area (Å²) in [7, 11) is 0. The predicted octanol–water partition coefficient (Wildman–Crippen LogP) is -2.43. The van der Waals surface area contributed by atoms with Crippen molar-refractivity contribution in [2.24, 2.45) is 17.8 Å². The lowest BCUT2D eigenvalue weighted by molar-refractivity contribution is -0.329. The van der Waals surface area contributed by atoms with E-state index < -0.39 is 61.5 Å². The van der Waals surface area contributed by atoms with Gasteiger partial charge in [-0.3, -0.25) is 0 Å². The molecule has 9 heteroatoms. The molecule has 7 N–H and O–H groups in total. The second-order valence-electron chi connectivity index (χ2n) is 7.85. The van der Waals surface area contributed by atoms with Crippen LogP contribution in [0, 0.1) is 17.8 Å². The molecule has 0 bridgehead atoms. The monoisotopic (exact) mass is 380 g/mol. The van der Waals surface area contributed by atoms with E-state index in [2.05, 4.69) is 0 Å². The van der Waals surface area contributed by atoms with Crippen LogP contribution in [-0.4, -0.2) is 98.0 Å². The van der Waals surface area contributed by atoms with Gasteiger partial charge in [0.1, 0.15) is 30.5 Å². The Morgan fingerprint density at radius 3 is 2.04 bits per heavy atom. The fourth-order valence-corrected chi connectivity index (χ4v) is 3.96. The number of aliphatic hydroxyl groups excluding tert-OH is 7. The van der Waals surface area contributed by atoms with Crippen LogP contribution in [0.1, 0.15) is 26.7 Å². The highest BCUT2D eigenvalue weighted by atomic mass is 16.7. The fourth-order valence-electron chi connectivity index (χ4n) is 3.96. The Morgan fingerprint density at radius 1 is 0.846 bits per heavy atom. The molecule has 2 rings (SSSR count). The first-order chi connectivity index (χ1) is 12.2. The van der Waals surface area contributed by atoms with Crippen molar-refractivity contribution >= 4 is 0 Å². The Labute approximate surface area is 152 Å². The lowest BCUT2D eigenvalue weighted by Gasteiger charge is -2.46. The number of rotatable bonds is 6. The molecule has 10 unspecified atom stereocenters. The van der Waals surface area contributed by atoms with Gasteiger partial charge in [0.15, 0.2) is 6.29 Å². The summed E-state index contributed by atoms with van der Waals surface area (Å²) in [5.41, 5.74) is 0. The highest BCUT2D eigenvalue weighted by Gasteiger charge is 2.49. The molecular formula is C17H32O9. The summed E-state index contributed by atoms with van der Waals surface area (Å²) in [5.74, 6) is -0.384. The van der Waals surface area contributed by atoms with Crippen molar-refractivity contribution in [2.75, 3.05) is 13.2 Å². The third-order valence-electron chi connectivity index (χ3n) is 5.39. The van der Waals surface area contributed by atoms with E-state index in [4.69, 9.17) is 9.47 Å². The molecule has 1 heterocycles. The van der Waals surface area contributed by atoms with Gasteiger partial charge in [-0.05, 0) is 24.7 Å². The molecule has 154 valence electrons. The lowest BCUT2D eigenvalue weighted by Crippen LogP contribution is -2.62. The summed E-state index contributed by atoms with van der Waals surface area (Å²) < 4.78 is 10.9. The Bertz CT molecular complexity index is 430. The van der Waals surface area contributed by atoms with Gasteiger partial charge in [-0.2, -0.15) is 0 Å². The van der Waals surface area contributed by atoms with E-state index in [-0.39, 0.29) is 12.5 Å². The Morgan fingerprint density at radius 2 is 1.50 bits per heavy atom. The largest absolute Gasteiger partial charge is 0.396 e. The van der Waals surface area contributed by atoms with Gasteiger partial charge in [-0.1, -0.05) is 13.8 Å². The Kier molecular flexibility index (Phi) is 7.78. The number of aliphatic hydroxyl groups is 7. The number of hydrogen-bond donors (Lipinski definition) is 7. The van der Waals surface area contributed by atoms with E-state index in [1.807, 2.05) is 13.8 Å². The van der Waals surface area contributed by atoms with Gasteiger partial charge in [0.2, 0.25) is 0 Å². The molecule has 0 aromatic rings. The molecule has 0 spiro atoms. The molecule has 10 atom stereocenters. The van der Waals surface area contributed by atoms with E-state index in [9.17, 15) is 35.7 Å². The van der Waals surface area contributed by atoms with Gasteiger partial charge in [-0.15, -0.1) is 0 Å². The van der Waals surface area contributed by atoms with E-state index >= 15 is 0 Å².